The molecule has 0 fully saturated rings. The van der Waals surface area contributed by atoms with Gasteiger partial charge in [0.1, 0.15) is 10.3 Å². The Morgan fingerprint density at radius 3 is 2.26 bits per heavy atom. The first kappa shape index (κ1) is 15.7. The number of nitrogens with one attached hydrogen (secondary N) is 1. The van der Waals surface area contributed by atoms with Gasteiger partial charge in [0.2, 0.25) is 0 Å². The maximum absolute atomic E-state index is 12.0. The van der Waals surface area contributed by atoms with E-state index in [1.54, 1.807) is 0 Å². The van der Waals surface area contributed by atoms with E-state index in [0.717, 1.165) is 0 Å². The third kappa shape index (κ3) is 5.04. The summed E-state index contributed by atoms with van der Waals surface area (Å²) >= 11 is 11.4. The molecule has 1 atom stereocenters. The lowest BCUT2D eigenvalue weighted by Crippen LogP contribution is -2.40. The first-order chi connectivity index (χ1) is 8.79. The van der Waals surface area contributed by atoms with Crippen molar-refractivity contribution in [2.75, 3.05) is 0 Å². The minimum Gasteiger partial charge on any atom is -0.481 e. The fraction of sp³-hybridized carbons (Fsp3) is 0.417. The number of nitrogens with zero attached hydrogens (tertiary/aromatic N) is 1. The third-order valence-electron chi connectivity index (χ3n) is 2.54. The average Bonchev–Trinajstić information content (AvgIpc) is 2.25. The fourth-order valence-electron chi connectivity index (χ4n) is 1.49. The summed E-state index contributed by atoms with van der Waals surface area (Å²) in [4.78, 5) is 26.5. The van der Waals surface area contributed by atoms with Gasteiger partial charge in [-0.05, 0) is 18.1 Å². The van der Waals surface area contributed by atoms with Crippen molar-refractivity contribution in [3.8, 4) is 0 Å². The van der Waals surface area contributed by atoms with Gasteiger partial charge in [0.05, 0.1) is 6.42 Å². The van der Waals surface area contributed by atoms with Gasteiger partial charge in [0.15, 0.2) is 0 Å². The molecular weight excluding hydrogens is 291 g/mol. The molecule has 1 amide bonds. The predicted octanol–water partition coefficient (Wildman–Crippen LogP) is 2.62. The Morgan fingerprint density at radius 1 is 1.32 bits per heavy atom. The molecule has 0 saturated carbocycles. The molecule has 7 heteroatoms. The maximum atomic E-state index is 12.0. The van der Waals surface area contributed by atoms with E-state index in [1.165, 1.54) is 12.1 Å². The summed E-state index contributed by atoms with van der Waals surface area (Å²) < 4.78 is 0. The molecule has 19 heavy (non-hydrogen) atoms. The van der Waals surface area contributed by atoms with Crippen molar-refractivity contribution in [1.29, 1.82) is 0 Å². The summed E-state index contributed by atoms with van der Waals surface area (Å²) in [6.45, 7) is 3.67. The highest BCUT2D eigenvalue weighted by molar-refractivity contribution is 6.33. The molecule has 1 unspecified atom stereocenters. The number of pyridine rings is 1. The van der Waals surface area contributed by atoms with E-state index in [9.17, 15) is 9.59 Å². The van der Waals surface area contributed by atoms with Gasteiger partial charge in [-0.3, -0.25) is 9.59 Å². The number of carboxylic acid groups (broad SMARTS) is 1. The molecule has 0 saturated heterocycles. The minimum absolute atomic E-state index is 0.00664. The third-order valence-corrected chi connectivity index (χ3v) is 2.93. The summed E-state index contributed by atoms with van der Waals surface area (Å²) in [5.74, 6) is -1.40. The number of carbonyl (C=O) groups excluding carboxylic acids is 1. The largest absolute Gasteiger partial charge is 0.481 e. The van der Waals surface area contributed by atoms with Gasteiger partial charge >= 0.3 is 5.97 Å². The lowest BCUT2D eigenvalue weighted by atomic mass is 10.0. The molecule has 1 aromatic heterocycles. The van der Waals surface area contributed by atoms with Gasteiger partial charge in [-0.1, -0.05) is 37.0 Å². The van der Waals surface area contributed by atoms with Crippen LogP contribution in [0.4, 0.5) is 0 Å². The average molecular weight is 305 g/mol. The van der Waals surface area contributed by atoms with E-state index in [2.05, 4.69) is 10.3 Å². The molecule has 5 nitrogen and oxygen atoms in total. The van der Waals surface area contributed by atoms with Gasteiger partial charge in [-0.15, -0.1) is 0 Å². The Balaban J connectivity index is 2.84. The molecule has 1 aromatic rings. The lowest BCUT2D eigenvalue weighted by Gasteiger charge is -2.20. The van der Waals surface area contributed by atoms with Crippen LogP contribution in [-0.2, 0) is 4.79 Å². The Bertz CT molecular complexity index is 472. The van der Waals surface area contributed by atoms with Gasteiger partial charge < -0.3 is 10.4 Å². The van der Waals surface area contributed by atoms with Gasteiger partial charge in [-0.25, -0.2) is 4.98 Å². The standard InChI is InChI=1S/C12H14Cl2N2O3/c1-6(2)8(5-11(17)18)15-12(19)7-3-9(13)16-10(14)4-7/h3-4,6,8H,5H2,1-2H3,(H,15,19)(H,17,18). The van der Waals surface area contributed by atoms with Crippen LogP contribution < -0.4 is 5.32 Å². The van der Waals surface area contributed by atoms with Crippen LogP contribution in [0.3, 0.4) is 0 Å². The summed E-state index contributed by atoms with van der Waals surface area (Å²) in [6, 6.07) is 2.29. The lowest BCUT2D eigenvalue weighted by molar-refractivity contribution is -0.137. The minimum atomic E-state index is -0.968. The first-order valence-electron chi connectivity index (χ1n) is 5.65. The summed E-state index contributed by atoms with van der Waals surface area (Å²) in [5, 5.41) is 11.7. The molecule has 0 bridgehead atoms. The zero-order chi connectivity index (χ0) is 14.6. The van der Waals surface area contributed by atoms with Crippen LogP contribution in [0.1, 0.15) is 30.6 Å². The van der Waals surface area contributed by atoms with Crippen LogP contribution in [0.15, 0.2) is 12.1 Å². The number of hydrogen-bond acceptors (Lipinski definition) is 3. The van der Waals surface area contributed by atoms with Crippen LogP contribution in [0.2, 0.25) is 10.3 Å². The van der Waals surface area contributed by atoms with E-state index >= 15 is 0 Å². The van der Waals surface area contributed by atoms with Crippen molar-refractivity contribution < 1.29 is 14.7 Å². The Morgan fingerprint density at radius 2 is 1.84 bits per heavy atom. The first-order valence-corrected chi connectivity index (χ1v) is 6.41. The number of aromatic nitrogens is 1. The Labute approximate surface area is 120 Å². The zero-order valence-electron chi connectivity index (χ0n) is 10.5. The van der Waals surface area contributed by atoms with Gasteiger partial charge in [0.25, 0.3) is 5.91 Å². The van der Waals surface area contributed by atoms with Crippen LogP contribution in [0.25, 0.3) is 0 Å². The highest BCUT2D eigenvalue weighted by atomic mass is 35.5. The summed E-state index contributed by atoms with van der Waals surface area (Å²) in [7, 11) is 0. The number of aliphatic carboxylic acids is 1. The number of carbonyl (C=O) groups is 2. The molecule has 1 rings (SSSR count). The predicted molar refractivity (Wildman–Crippen MR) is 72.6 cm³/mol. The molecule has 0 spiro atoms. The van der Waals surface area contributed by atoms with Crippen molar-refractivity contribution in [3.63, 3.8) is 0 Å². The smallest absolute Gasteiger partial charge is 0.305 e. The van der Waals surface area contributed by atoms with E-state index in [0.29, 0.717) is 0 Å². The maximum Gasteiger partial charge on any atom is 0.305 e. The molecule has 1 heterocycles. The van der Waals surface area contributed by atoms with E-state index < -0.39 is 17.9 Å². The second-order valence-electron chi connectivity index (χ2n) is 4.42. The normalized spacial score (nSPS) is 12.3. The van der Waals surface area contributed by atoms with Crippen molar-refractivity contribution in [2.24, 2.45) is 5.92 Å². The number of rotatable bonds is 5. The molecule has 0 aromatic carbocycles. The summed E-state index contributed by atoms with van der Waals surface area (Å²) in [5.41, 5.74) is 0.251. The molecular formula is C12H14Cl2N2O3. The van der Waals surface area contributed by atoms with E-state index in [4.69, 9.17) is 28.3 Å². The van der Waals surface area contributed by atoms with Crippen LogP contribution in [-0.4, -0.2) is 28.0 Å². The number of hydrogen-bond donors (Lipinski definition) is 2. The Kier molecular flexibility index (Phi) is 5.57. The number of amides is 1. The highest BCUT2D eigenvalue weighted by Crippen LogP contribution is 2.15. The monoisotopic (exact) mass is 304 g/mol. The van der Waals surface area contributed by atoms with E-state index in [1.807, 2.05) is 13.8 Å². The summed E-state index contributed by atoms with van der Waals surface area (Å²) in [6.07, 6.45) is -0.143. The van der Waals surface area contributed by atoms with Crippen LogP contribution in [0.5, 0.6) is 0 Å². The second-order valence-corrected chi connectivity index (χ2v) is 5.20. The fourth-order valence-corrected chi connectivity index (χ4v) is 1.95. The van der Waals surface area contributed by atoms with Crippen LogP contribution >= 0.6 is 23.2 Å². The molecule has 2 N–H and O–H groups in total. The molecule has 0 aliphatic heterocycles. The van der Waals surface area contributed by atoms with Crippen LogP contribution in [0, 0.1) is 5.92 Å². The molecule has 104 valence electrons. The van der Waals surface area contributed by atoms with Gasteiger partial charge in [0, 0.05) is 11.6 Å². The van der Waals surface area contributed by atoms with Crippen molar-refractivity contribution in [2.45, 2.75) is 26.3 Å². The van der Waals surface area contributed by atoms with Crippen molar-refractivity contribution in [3.05, 3.63) is 28.0 Å². The Hall–Kier alpha value is -1.33. The van der Waals surface area contributed by atoms with Crippen molar-refractivity contribution >= 4 is 35.1 Å². The number of halogens is 2. The SMILES string of the molecule is CC(C)C(CC(=O)O)NC(=O)c1cc(Cl)nc(Cl)c1. The topological polar surface area (TPSA) is 79.3 Å². The number of carboxylic acids is 1. The highest BCUT2D eigenvalue weighted by Gasteiger charge is 2.20. The zero-order valence-corrected chi connectivity index (χ0v) is 12.0. The molecule has 0 aliphatic carbocycles. The second kappa shape index (κ2) is 6.73. The van der Waals surface area contributed by atoms with Crippen molar-refractivity contribution in [1.82, 2.24) is 10.3 Å². The molecule has 0 radical (unpaired) electrons. The van der Waals surface area contributed by atoms with Gasteiger partial charge in [-0.2, -0.15) is 0 Å². The van der Waals surface area contributed by atoms with E-state index in [-0.39, 0.29) is 28.2 Å². The quantitative estimate of drug-likeness (QED) is 0.820. The molecule has 0 aliphatic rings.